The van der Waals surface area contributed by atoms with Crippen LogP contribution in [-0.4, -0.2) is 45.7 Å². The van der Waals surface area contributed by atoms with Crippen molar-refractivity contribution in [3.8, 4) is 11.5 Å². The zero-order valence-corrected chi connectivity index (χ0v) is 19.6. The minimum atomic E-state index is 0. The number of guanidine groups is 1. The zero-order valence-electron chi connectivity index (χ0n) is 17.3. The fourth-order valence-corrected chi connectivity index (χ4v) is 2.72. The molecule has 0 aliphatic carbocycles. The summed E-state index contributed by atoms with van der Waals surface area (Å²) >= 11 is 0. The van der Waals surface area contributed by atoms with E-state index >= 15 is 0 Å². The summed E-state index contributed by atoms with van der Waals surface area (Å²) in [4.78, 5) is 6.86. The summed E-state index contributed by atoms with van der Waals surface area (Å²) in [6.07, 6.45) is 0. The first kappa shape index (κ1) is 24.0. The molecule has 0 unspecified atom stereocenters. The number of halogens is 1. The lowest BCUT2D eigenvalue weighted by molar-refractivity contribution is 0.355. The fourth-order valence-electron chi connectivity index (χ4n) is 2.72. The molecule has 0 aliphatic rings. The SMILES string of the molecule is CCNC(=NCc1cccc(CN(C)C)c1)Nc1ccc(OC)c(OC)c1.I. The molecule has 0 atom stereocenters. The Morgan fingerprint density at radius 3 is 2.36 bits per heavy atom. The Morgan fingerprint density at radius 1 is 1.00 bits per heavy atom. The number of hydrogen-bond acceptors (Lipinski definition) is 4. The van der Waals surface area contributed by atoms with Gasteiger partial charge in [-0.3, -0.25) is 0 Å². The van der Waals surface area contributed by atoms with Crippen molar-refractivity contribution in [2.24, 2.45) is 4.99 Å². The molecule has 0 amide bonds. The normalized spacial score (nSPS) is 11.0. The van der Waals surface area contributed by atoms with Crippen LogP contribution < -0.4 is 20.1 Å². The molecule has 2 aromatic rings. The molecule has 0 spiro atoms. The van der Waals surface area contributed by atoms with Crippen LogP contribution in [0.3, 0.4) is 0 Å². The van der Waals surface area contributed by atoms with Crippen molar-refractivity contribution < 1.29 is 9.47 Å². The lowest BCUT2D eigenvalue weighted by Gasteiger charge is -2.14. The van der Waals surface area contributed by atoms with Crippen molar-refractivity contribution in [3.05, 3.63) is 53.6 Å². The van der Waals surface area contributed by atoms with Crippen LogP contribution in [0.5, 0.6) is 11.5 Å². The van der Waals surface area contributed by atoms with Crippen LogP contribution in [0.15, 0.2) is 47.5 Å². The topological polar surface area (TPSA) is 58.1 Å². The minimum absolute atomic E-state index is 0. The summed E-state index contributed by atoms with van der Waals surface area (Å²) in [7, 11) is 7.39. The maximum Gasteiger partial charge on any atom is 0.196 e. The molecule has 7 heteroatoms. The number of aliphatic imine (C=N–C) groups is 1. The molecule has 0 heterocycles. The molecule has 6 nitrogen and oxygen atoms in total. The Morgan fingerprint density at radius 2 is 1.71 bits per heavy atom. The number of benzene rings is 2. The van der Waals surface area contributed by atoms with Gasteiger partial charge in [0.1, 0.15) is 0 Å². The smallest absolute Gasteiger partial charge is 0.196 e. The summed E-state index contributed by atoms with van der Waals surface area (Å²) in [6.45, 7) is 4.34. The van der Waals surface area contributed by atoms with Gasteiger partial charge in [0, 0.05) is 24.8 Å². The molecular formula is C21H31IN4O2. The average molecular weight is 498 g/mol. The Hall–Kier alpha value is -2.00. The van der Waals surface area contributed by atoms with Gasteiger partial charge in [-0.2, -0.15) is 0 Å². The van der Waals surface area contributed by atoms with E-state index in [-0.39, 0.29) is 24.0 Å². The fraction of sp³-hybridized carbons (Fsp3) is 0.381. The Bertz CT molecular complexity index is 766. The molecule has 2 aromatic carbocycles. The van der Waals surface area contributed by atoms with Gasteiger partial charge >= 0.3 is 0 Å². The first-order chi connectivity index (χ1) is 13.0. The van der Waals surface area contributed by atoms with Crippen LogP contribution in [0, 0.1) is 0 Å². The van der Waals surface area contributed by atoms with Crippen molar-refractivity contribution in [2.45, 2.75) is 20.0 Å². The summed E-state index contributed by atoms with van der Waals surface area (Å²) in [5.74, 6) is 2.10. The van der Waals surface area contributed by atoms with E-state index in [0.717, 1.165) is 24.7 Å². The van der Waals surface area contributed by atoms with Crippen molar-refractivity contribution in [2.75, 3.05) is 40.2 Å². The summed E-state index contributed by atoms with van der Waals surface area (Å²) in [6, 6.07) is 14.2. The van der Waals surface area contributed by atoms with Crippen LogP contribution in [-0.2, 0) is 13.1 Å². The first-order valence-electron chi connectivity index (χ1n) is 9.05. The van der Waals surface area contributed by atoms with Gasteiger partial charge in [-0.05, 0) is 44.3 Å². The molecule has 28 heavy (non-hydrogen) atoms. The van der Waals surface area contributed by atoms with Gasteiger partial charge in [-0.15, -0.1) is 24.0 Å². The van der Waals surface area contributed by atoms with Gasteiger partial charge in [-0.25, -0.2) is 4.99 Å². The second-order valence-electron chi connectivity index (χ2n) is 6.45. The van der Waals surface area contributed by atoms with Crippen LogP contribution in [0.25, 0.3) is 0 Å². The molecule has 0 radical (unpaired) electrons. The van der Waals surface area contributed by atoms with Crippen molar-refractivity contribution in [3.63, 3.8) is 0 Å². The minimum Gasteiger partial charge on any atom is -0.493 e. The number of methoxy groups -OCH3 is 2. The van der Waals surface area contributed by atoms with E-state index in [1.165, 1.54) is 11.1 Å². The third kappa shape index (κ3) is 7.55. The third-order valence-corrected chi connectivity index (χ3v) is 3.90. The number of rotatable bonds is 8. The average Bonchev–Trinajstić information content (AvgIpc) is 2.66. The Labute approximate surface area is 185 Å². The molecule has 154 valence electrons. The molecule has 0 fully saturated rings. The molecule has 0 aromatic heterocycles. The maximum absolute atomic E-state index is 5.36. The highest BCUT2D eigenvalue weighted by Crippen LogP contribution is 2.29. The highest BCUT2D eigenvalue weighted by Gasteiger charge is 2.06. The lowest BCUT2D eigenvalue weighted by Crippen LogP contribution is -2.30. The monoisotopic (exact) mass is 498 g/mol. The quantitative estimate of drug-likeness (QED) is 0.328. The van der Waals surface area contributed by atoms with Gasteiger partial charge < -0.3 is 25.0 Å². The van der Waals surface area contributed by atoms with Crippen LogP contribution in [0.4, 0.5) is 5.69 Å². The highest BCUT2D eigenvalue weighted by atomic mass is 127. The van der Waals surface area contributed by atoms with Gasteiger partial charge in [0.05, 0.1) is 20.8 Å². The number of nitrogens with one attached hydrogen (secondary N) is 2. The number of nitrogens with zero attached hydrogens (tertiary/aromatic N) is 2. The van der Waals surface area contributed by atoms with Crippen molar-refractivity contribution in [1.82, 2.24) is 10.2 Å². The predicted molar refractivity (Wildman–Crippen MR) is 127 cm³/mol. The molecular weight excluding hydrogens is 467 g/mol. The third-order valence-electron chi connectivity index (χ3n) is 3.90. The number of anilines is 1. The summed E-state index contributed by atoms with van der Waals surface area (Å²) in [5.41, 5.74) is 3.35. The largest absolute Gasteiger partial charge is 0.493 e. The van der Waals surface area contributed by atoms with Crippen molar-refractivity contribution >= 4 is 35.6 Å². The van der Waals surface area contributed by atoms with Gasteiger partial charge in [0.15, 0.2) is 17.5 Å². The van der Waals surface area contributed by atoms with E-state index < -0.39 is 0 Å². The van der Waals surface area contributed by atoms with Crippen molar-refractivity contribution in [1.29, 1.82) is 0 Å². The van der Waals surface area contributed by atoms with Gasteiger partial charge in [0.2, 0.25) is 0 Å². The van der Waals surface area contributed by atoms with E-state index in [9.17, 15) is 0 Å². The molecule has 0 saturated carbocycles. The van der Waals surface area contributed by atoms with Gasteiger partial charge in [-0.1, -0.05) is 24.3 Å². The van der Waals surface area contributed by atoms with Crippen LogP contribution in [0.2, 0.25) is 0 Å². The lowest BCUT2D eigenvalue weighted by atomic mass is 10.1. The highest BCUT2D eigenvalue weighted by molar-refractivity contribution is 14.0. The summed E-state index contributed by atoms with van der Waals surface area (Å²) in [5, 5.41) is 6.59. The Balaban J connectivity index is 0.00000392. The molecule has 0 aliphatic heterocycles. The second kappa shape index (κ2) is 12.5. The second-order valence-corrected chi connectivity index (χ2v) is 6.45. The van der Waals surface area contributed by atoms with Gasteiger partial charge in [0.25, 0.3) is 0 Å². The van der Waals surface area contributed by atoms with E-state index in [4.69, 9.17) is 14.5 Å². The van der Waals surface area contributed by atoms with E-state index in [1.807, 2.05) is 25.1 Å². The Kier molecular flexibility index (Phi) is 10.7. The molecule has 2 N–H and O–H groups in total. The molecule has 2 rings (SSSR count). The van der Waals surface area contributed by atoms with Crippen LogP contribution >= 0.6 is 24.0 Å². The molecule has 0 saturated heterocycles. The maximum atomic E-state index is 5.36. The predicted octanol–water partition coefficient (Wildman–Crippen LogP) is 3.96. The number of hydrogen-bond donors (Lipinski definition) is 2. The zero-order chi connectivity index (χ0) is 19.6. The first-order valence-corrected chi connectivity index (χ1v) is 9.05. The van der Waals surface area contributed by atoms with Crippen LogP contribution in [0.1, 0.15) is 18.1 Å². The molecule has 0 bridgehead atoms. The summed E-state index contributed by atoms with van der Waals surface area (Å²) < 4.78 is 10.6. The number of ether oxygens (including phenoxy) is 2. The standard InChI is InChI=1S/C21H30N4O2.HI/c1-6-22-21(24-18-10-11-19(26-4)20(13-18)27-5)23-14-16-8-7-9-17(12-16)15-25(2)3;/h7-13H,6,14-15H2,1-5H3,(H2,22,23,24);1H. The van der Waals surface area contributed by atoms with E-state index in [2.05, 4.69) is 53.9 Å². The van der Waals surface area contributed by atoms with E-state index in [1.54, 1.807) is 14.2 Å². The van der Waals surface area contributed by atoms with E-state index in [0.29, 0.717) is 18.0 Å².